The molecule has 0 saturated heterocycles. The second-order valence-electron chi connectivity index (χ2n) is 6.80. The lowest BCUT2D eigenvalue weighted by molar-refractivity contribution is -0.159. The Morgan fingerprint density at radius 1 is 0.912 bits per heavy atom. The van der Waals surface area contributed by atoms with Crippen molar-refractivity contribution >= 4 is 63.5 Å². The summed E-state index contributed by atoms with van der Waals surface area (Å²) in [5.74, 6) is -5.09. The minimum Gasteiger partial charge on any atom is -0.483 e. The number of rotatable bonds is 9. The molecule has 4 N–H and O–H groups in total. The Bertz CT molecular complexity index is 1280. The predicted octanol–water partition coefficient (Wildman–Crippen LogP) is 3.78. The molecule has 0 aromatic heterocycles. The van der Waals surface area contributed by atoms with Crippen LogP contribution in [0.25, 0.3) is 10.8 Å². The lowest BCUT2D eigenvalue weighted by Gasteiger charge is -2.13. The smallest absolute Gasteiger partial charge is 0.356 e. The molecule has 34 heavy (non-hydrogen) atoms. The summed E-state index contributed by atoms with van der Waals surface area (Å²) in [5.41, 5.74) is 0.204. The zero-order chi connectivity index (χ0) is 25.0. The molecule has 0 radical (unpaired) electrons. The van der Waals surface area contributed by atoms with Gasteiger partial charge < -0.3 is 30.1 Å². The van der Waals surface area contributed by atoms with Crippen LogP contribution in [0.4, 0.5) is 5.69 Å². The first-order valence-corrected chi connectivity index (χ1v) is 10.1. The van der Waals surface area contributed by atoms with Crippen LogP contribution >= 0.6 is 23.2 Å². The van der Waals surface area contributed by atoms with Crippen molar-refractivity contribution in [3.8, 4) is 11.5 Å². The van der Waals surface area contributed by atoms with E-state index < -0.39 is 36.5 Å². The van der Waals surface area contributed by atoms with E-state index in [1.165, 1.54) is 48.5 Å². The first-order chi connectivity index (χ1) is 16.0. The Kier molecular flexibility index (Phi) is 7.44. The number of benzene rings is 3. The number of carboxylic acids is 3. The van der Waals surface area contributed by atoms with Gasteiger partial charge in [-0.25, -0.2) is 14.4 Å². The molecular weight excluding hydrogens is 493 g/mol. The Balaban J connectivity index is 1.71. The molecule has 3 rings (SSSR count). The third-order valence-electron chi connectivity index (χ3n) is 4.38. The maximum absolute atomic E-state index is 12.3. The number of anilines is 1. The molecule has 176 valence electrons. The summed E-state index contributed by atoms with van der Waals surface area (Å²) in [6.07, 6.45) is -2.08. The SMILES string of the molecule is O=C(COc1cc(C(=O)O)cc2cc(Cl)cc(Cl)c12)Nc1ccc(OC(C(=O)O)C(=O)O)cc1. The van der Waals surface area contributed by atoms with Crippen molar-refractivity contribution in [1.29, 1.82) is 0 Å². The van der Waals surface area contributed by atoms with Gasteiger partial charge in [-0.3, -0.25) is 4.79 Å². The quantitative estimate of drug-likeness (QED) is 0.316. The average Bonchev–Trinajstić information content (AvgIpc) is 2.75. The van der Waals surface area contributed by atoms with Gasteiger partial charge in [-0.2, -0.15) is 0 Å². The number of nitrogens with one attached hydrogen (secondary N) is 1. The van der Waals surface area contributed by atoms with Crippen molar-refractivity contribution in [2.45, 2.75) is 6.10 Å². The molecule has 1 amide bonds. The molecule has 0 bridgehead atoms. The topological polar surface area (TPSA) is 159 Å². The molecule has 0 aliphatic heterocycles. The van der Waals surface area contributed by atoms with Crippen LogP contribution in [-0.4, -0.2) is 51.8 Å². The highest BCUT2D eigenvalue weighted by Crippen LogP contribution is 2.36. The van der Waals surface area contributed by atoms with Crippen molar-refractivity contribution in [2.24, 2.45) is 0 Å². The highest BCUT2D eigenvalue weighted by Gasteiger charge is 2.27. The van der Waals surface area contributed by atoms with E-state index in [-0.39, 0.29) is 27.8 Å². The molecule has 3 aromatic carbocycles. The van der Waals surface area contributed by atoms with E-state index in [0.29, 0.717) is 15.8 Å². The Labute approximate surface area is 201 Å². The summed E-state index contributed by atoms with van der Waals surface area (Å²) in [5, 5.41) is 30.9. The van der Waals surface area contributed by atoms with Gasteiger partial charge >= 0.3 is 17.9 Å². The normalized spacial score (nSPS) is 10.7. The molecular formula is C22H15Cl2NO9. The molecule has 0 saturated carbocycles. The second-order valence-corrected chi connectivity index (χ2v) is 7.64. The van der Waals surface area contributed by atoms with E-state index in [2.05, 4.69) is 5.32 Å². The van der Waals surface area contributed by atoms with Gasteiger partial charge in [0.15, 0.2) is 6.61 Å². The number of ether oxygens (including phenoxy) is 2. The molecule has 0 spiro atoms. The molecule has 0 aliphatic carbocycles. The van der Waals surface area contributed by atoms with Crippen molar-refractivity contribution in [2.75, 3.05) is 11.9 Å². The third-order valence-corrected chi connectivity index (χ3v) is 4.89. The number of halogens is 2. The number of aromatic carboxylic acids is 1. The number of amides is 1. The van der Waals surface area contributed by atoms with Crippen LogP contribution in [0.1, 0.15) is 10.4 Å². The summed E-state index contributed by atoms with van der Waals surface area (Å²) >= 11 is 12.2. The number of carbonyl (C=O) groups is 4. The first-order valence-electron chi connectivity index (χ1n) is 9.36. The molecule has 0 aliphatic rings. The Morgan fingerprint density at radius 2 is 1.56 bits per heavy atom. The van der Waals surface area contributed by atoms with Gasteiger partial charge in [0.2, 0.25) is 0 Å². The van der Waals surface area contributed by atoms with Crippen LogP contribution in [0.5, 0.6) is 11.5 Å². The Hall–Kier alpha value is -4.02. The summed E-state index contributed by atoms with van der Waals surface area (Å²) in [6, 6.07) is 10.9. The molecule has 0 atom stereocenters. The van der Waals surface area contributed by atoms with Crippen molar-refractivity contribution in [1.82, 2.24) is 0 Å². The minimum atomic E-state index is -2.08. The fourth-order valence-corrected chi connectivity index (χ4v) is 3.53. The maximum Gasteiger partial charge on any atom is 0.356 e. The van der Waals surface area contributed by atoms with Gasteiger partial charge in [-0.15, -0.1) is 0 Å². The van der Waals surface area contributed by atoms with Gasteiger partial charge in [0.25, 0.3) is 12.0 Å². The van der Waals surface area contributed by atoms with Crippen molar-refractivity contribution < 1.29 is 44.0 Å². The van der Waals surface area contributed by atoms with Crippen LogP contribution < -0.4 is 14.8 Å². The molecule has 10 nitrogen and oxygen atoms in total. The van der Waals surface area contributed by atoms with E-state index in [1.54, 1.807) is 0 Å². The zero-order valence-electron chi connectivity index (χ0n) is 17.0. The van der Waals surface area contributed by atoms with E-state index in [9.17, 15) is 24.3 Å². The number of hydrogen-bond donors (Lipinski definition) is 4. The number of aliphatic carboxylic acids is 2. The second kappa shape index (κ2) is 10.3. The fraction of sp³-hybridized carbons (Fsp3) is 0.0909. The first kappa shape index (κ1) is 24.6. The van der Waals surface area contributed by atoms with Gasteiger partial charge in [0, 0.05) is 16.1 Å². The number of carboxylic acid groups (broad SMARTS) is 3. The van der Waals surface area contributed by atoms with Crippen LogP contribution in [0.3, 0.4) is 0 Å². The molecule has 0 unspecified atom stereocenters. The maximum atomic E-state index is 12.3. The van der Waals surface area contributed by atoms with Crippen LogP contribution in [0, 0.1) is 0 Å². The van der Waals surface area contributed by atoms with E-state index >= 15 is 0 Å². The van der Waals surface area contributed by atoms with Crippen molar-refractivity contribution in [3.05, 3.63) is 64.1 Å². The standard InChI is InChI=1S/C22H15Cl2NO9/c23-12-6-10-5-11(20(27)28)7-16(18(10)15(24)8-12)33-9-17(26)25-13-1-3-14(4-2-13)34-19(21(29)30)22(31)32/h1-8,19H,9H2,(H,25,26)(H,27,28)(H,29,30)(H,31,32). The van der Waals surface area contributed by atoms with Gasteiger partial charge in [0.05, 0.1) is 10.6 Å². The number of carbonyl (C=O) groups excluding carboxylic acids is 1. The fourth-order valence-electron chi connectivity index (χ4n) is 2.93. The summed E-state index contributed by atoms with van der Waals surface area (Å²) in [4.78, 5) is 45.6. The summed E-state index contributed by atoms with van der Waals surface area (Å²) in [7, 11) is 0. The highest BCUT2D eigenvalue weighted by atomic mass is 35.5. The Morgan fingerprint density at radius 3 is 2.15 bits per heavy atom. The van der Waals surface area contributed by atoms with Crippen molar-refractivity contribution in [3.63, 3.8) is 0 Å². The lowest BCUT2D eigenvalue weighted by atomic mass is 10.1. The molecule has 12 heteroatoms. The van der Waals surface area contributed by atoms with E-state index in [4.69, 9.17) is 42.9 Å². The van der Waals surface area contributed by atoms with Gasteiger partial charge in [-0.1, -0.05) is 23.2 Å². The molecule has 0 fully saturated rings. The summed E-state index contributed by atoms with van der Waals surface area (Å²) < 4.78 is 10.4. The summed E-state index contributed by atoms with van der Waals surface area (Å²) in [6.45, 7) is -0.491. The molecule has 3 aromatic rings. The number of fused-ring (bicyclic) bond motifs is 1. The highest BCUT2D eigenvalue weighted by molar-refractivity contribution is 6.39. The lowest BCUT2D eigenvalue weighted by Crippen LogP contribution is -2.35. The molecule has 0 heterocycles. The monoisotopic (exact) mass is 507 g/mol. The third kappa shape index (κ3) is 5.85. The number of hydrogen-bond acceptors (Lipinski definition) is 6. The van der Waals surface area contributed by atoms with E-state index in [1.807, 2.05) is 0 Å². The predicted molar refractivity (Wildman–Crippen MR) is 121 cm³/mol. The van der Waals surface area contributed by atoms with E-state index in [0.717, 1.165) is 0 Å². The minimum absolute atomic E-state index is 0.0330. The average molecular weight is 508 g/mol. The van der Waals surface area contributed by atoms with Crippen LogP contribution in [0.15, 0.2) is 48.5 Å². The van der Waals surface area contributed by atoms with Crippen LogP contribution in [0.2, 0.25) is 10.0 Å². The zero-order valence-corrected chi connectivity index (χ0v) is 18.5. The van der Waals surface area contributed by atoms with Gasteiger partial charge in [0.1, 0.15) is 11.5 Å². The van der Waals surface area contributed by atoms with Crippen LogP contribution in [-0.2, 0) is 14.4 Å². The largest absolute Gasteiger partial charge is 0.483 e. The van der Waals surface area contributed by atoms with Gasteiger partial charge in [-0.05, 0) is 53.9 Å².